The van der Waals surface area contributed by atoms with Crippen molar-refractivity contribution in [1.29, 1.82) is 0 Å². The zero-order chi connectivity index (χ0) is 9.80. The number of aromatic nitrogens is 4. The van der Waals surface area contributed by atoms with Gasteiger partial charge in [-0.2, -0.15) is 5.10 Å². The largest absolute Gasteiger partial charge is 0.386 e. The van der Waals surface area contributed by atoms with Gasteiger partial charge in [0.15, 0.2) is 0 Å². The zero-order valence-corrected chi connectivity index (χ0v) is 7.88. The quantitative estimate of drug-likeness (QED) is 0.774. The average molecular weight is 189 g/mol. The maximum atomic E-state index is 4.16. The molecule has 0 aromatic carbocycles. The molecule has 2 heterocycles. The summed E-state index contributed by atoms with van der Waals surface area (Å²) >= 11 is 0. The molecule has 0 saturated heterocycles. The van der Waals surface area contributed by atoms with E-state index in [9.17, 15) is 0 Å². The molecular formula is C9H11N5. The molecule has 0 bridgehead atoms. The first kappa shape index (κ1) is 8.68. The maximum absolute atomic E-state index is 4.16. The van der Waals surface area contributed by atoms with Gasteiger partial charge in [-0.1, -0.05) is 0 Å². The monoisotopic (exact) mass is 189 g/mol. The lowest BCUT2D eigenvalue weighted by Gasteiger charge is -1.98. The number of rotatable bonds is 3. The van der Waals surface area contributed by atoms with Crippen molar-refractivity contribution in [3.05, 3.63) is 36.7 Å². The van der Waals surface area contributed by atoms with E-state index in [0.29, 0.717) is 6.54 Å². The van der Waals surface area contributed by atoms with Gasteiger partial charge in [-0.3, -0.25) is 4.68 Å². The lowest BCUT2D eigenvalue weighted by Crippen LogP contribution is -2.03. The fourth-order valence-electron chi connectivity index (χ4n) is 1.14. The average Bonchev–Trinajstić information content (AvgIpc) is 2.67. The van der Waals surface area contributed by atoms with Gasteiger partial charge < -0.3 is 5.32 Å². The minimum absolute atomic E-state index is 0.600. The third kappa shape index (κ3) is 1.87. The summed E-state index contributed by atoms with van der Waals surface area (Å²) in [5.74, 6) is 0.762. The summed E-state index contributed by atoms with van der Waals surface area (Å²) < 4.78 is 1.79. The molecule has 2 rings (SSSR count). The summed E-state index contributed by atoms with van der Waals surface area (Å²) in [7, 11) is 1.86. The summed E-state index contributed by atoms with van der Waals surface area (Å²) in [4.78, 5) is 8.23. The molecule has 0 aliphatic carbocycles. The Labute approximate surface area is 81.8 Å². The Morgan fingerprint density at radius 3 is 2.79 bits per heavy atom. The van der Waals surface area contributed by atoms with Gasteiger partial charge in [0, 0.05) is 25.6 Å². The van der Waals surface area contributed by atoms with Crippen LogP contribution >= 0.6 is 0 Å². The smallest absolute Gasteiger partial charge is 0.149 e. The van der Waals surface area contributed by atoms with Gasteiger partial charge in [-0.15, -0.1) is 0 Å². The summed E-state index contributed by atoms with van der Waals surface area (Å²) in [6.07, 6.45) is 7.13. The Hall–Kier alpha value is -1.91. The van der Waals surface area contributed by atoms with Crippen LogP contribution in [0.3, 0.4) is 0 Å². The summed E-state index contributed by atoms with van der Waals surface area (Å²) in [6, 6.07) is 1.80. The Balaban J connectivity index is 2.11. The molecule has 0 saturated carbocycles. The van der Waals surface area contributed by atoms with Crippen LogP contribution in [0, 0.1) is 0 Å². The highest BCUT2D eigenvalue weighted by Crippen LogP contribution is 2.03. The topological polar surface area (TPSA) is 55.6 Å². The van der Waals surface area contributed by atoms with Gasteiger partial charge in [0.2, 0.25) is 0 Å². The van der Waals surface area contributed by atoms with Crippen molar-refractivity contribution in [3.8, 4) is 0 Å². The molecule has 0 fully saturated rings. The molecule has 14 heavy (non-hydrogen) atoms. The number of anilines is 1. The maximum Gasteiger partial charge on any atom is 0.149 e. The van der Waals surface area contributed by atoms with Crippen molar-refractivity contribution in [3.63, 3.8) is 0 Å². The van der Waals surface area contributed by atoms with E-state index in [1.165, 1.54) is 0 Å². The van der Waals surface area contributed by atoms with Crippen LogP contribution < -0.4 is 5.32 Å². The number of nitrogens with zero attached hydrogens (tertiary/aromatic N) is 4. The second-order valence-electron chi connectivity index (χ2n) is 2.84. The van der Waals surface area contributed by atoms with E-state index in [-0.39, 0.29) is 0 Å². The van der Waals surface area contributed by atoms with Crippen LogP contribution in [0.25, 0.3) is 0 Å². The van der Waals surface area contributed by atoms with Gasteiger partial charge in [0.1, 0.15) is 12.4 Å². The molecule has 5 nitrogen and oxygen atoms in total. The fraction of sp³-hybridized carbons (Fsp3) is 0.222. The van der Waals surface area contributed by atoms with Crippen molar-refractivity contribution >= 4 is 5.69 Å². The standard InChI is InChI=1S/C9H11N5/c1-10-8-5-13-14(6-8)7-9-11-3-2-4-12-9/h2-6,10H,7H2,1H3. The molecule has 2 aromatic heterocycles. The summed E-state index contributed by atoms with van der Waals surface area (Å²) in [6.45, 7) is 0.600. The lowest BCUT2D eigenvalue weighted by molar-refractivity contribution is 0.655. The van der Waals surface area contributed by atoms with Crippen LogP contribution in [-0.4, -0.2) is 26.8 Å². The summed E-state index contributed by atoms with van der Waals surface area (Å²) in [5.41, 5.74) is 0.987. The zero-order valence-electron chi connectivity index (χ0n) is 7.88. The number of hydrogen-bond acceptors (Lipinski definition) is 4. The molecule has 72 valence electrons. The summed E-state index contributed by atoms with van der Waals surface area (Å²) in [5, 5.41) is 7.17. The van der Waals surface area contributed by atoms with Crippen LogP contribution in [-0.2, 0) is 6.54 Å². The Bertz CT molecular complexity index is 395. The van der Waals surface area contributed by atoms with Gasteiger partial charge in [0.25, 0.3) is 0 Å². The van der Waals surface area contributed by atoms with E-state index in [0.717, 1.165) is 11.5 Å². The first-order valence-electron chi connectivity index (χ1n) is 4.34. The van der Waals surface area contributed by atoms with Gasteiger partial charge >= 0.3 is 0 Å². The molecule has 1 N–H and O–H groups in total. The van der Waals surface area contributed by atoms with Crippen LogP contribution in [0.15, 0.2) is 30.9 Å². The minimum atomic E-state index is 0.600. The molecule has 0 amide bonds. The molecule has 0 atom stereocenters. The Kier molecular flexibility index (Phi) is 2.40. The van der Waals surface area contributed by atoms with Crippen LogP contribution in [0.4, 0.5) is 5.69 Å². The predicted octanol–water partition coefficient (Wildman–Crippen LogP) is 0.763. The first-order chi connectivity index (χ1) is 6.88. The van der Waals surface area contributed by atoms with Crippen molar-refractivity contribution < 1.29 is 0 Å². The van der Waals surface area contributed by atoms with E-state index in [2.05, 4.69) is 20.4 Å². The van der Waals surface area contributed by atoms with Crippen LogP contribution in [0.5, 0.6) is 0 Å². The molecule has 2 aromatic rings. The second kappa shape index (κ2) is 3.87. The number of hydrogen-bond donors (Lipinski definition) is 1. The van der Waals surface area contributed by atoms with Gasteiger partial charge in [-0.05, 0) is 6.07 Å². The van der Waals surface area contributed by atoms with E-state index in [1.54, 1.807) is 29.3 Å². The van der Waals surface area contributed by atoms with Crippen molar-refractivity contribution in [2.75, 3.05) is 12.4 Å². The van der Waals surface area contributed by atoms with E-state index >= 15 is 0 Å². The van der Waals surface area contributed by atoms with Crippen LogP contribution in [0.2, 0.25) is 0 Å². The third-order valence-electron chi connectivity index (χ3n) is 1.84. The molecule has 0 aliphatic heterocycles. The van der Waals surface area contributed by atoms with Crippen molar-refractivity contribution in [1.82, 2.24) is 19.7 Å². The molecule has 5 heteroatoms. The van der Waals surface area contributed by atoms with E-state index < -0.39 is 0 Å². The molecule has 0 aliphatic rings. The lowest BCUT2D eigenvalue weighted by atomic mass is 10.5. The third-order valence-corrected chi connectivity index (χ3v) is 1.84. The highest BCUT2D eigenvalue weighted by molar-refractivity contribution is 5.36. The Morgan fingerprint density at radius 1 is 1.36 bits per heavy atom. The highest BCUT2D eigenvalue weighted by atomic mass is 15.3. The fourth-order valence-corrected chi connectivity index (χ4v) is 1.14. The Morgan fingerprint density at radius 2 is 2.14 bits per heavy atom. The van der Waals surface area contributed by atoms with E-state index in [1.807, 2.05) is 13.2 Å². The van der Waals surface area contributed by atoms with Crippen molar-refractivity contribution in [2.24, 2.45) is 0 Å². The first-order valence-corrected chi connectivity index (χ1v) is 4.34. The minimum Gasteiger partial charge on any atom is -0.386 e. The second-order valence-corrected chi connectivity index (χ2v) is 2.84. The van der Waals surface area contributed by atoms with Gasteiger partial charge in [-0.25, -0.2) is 9.97 Å². The van der Waals surface area contributed by atoms with Crippen LogP contribution in [0.1, 0.15) is 5.82 Å². The van der Waals surface area contributed by atoms with E-state index in [4.69, 9.17) is 0 Å². The predicted molar refractivity (Wildman–Crippen MR) is 52.9 cm³/mol. The normalized spacial score (nSPS) is 10.1. The highest BCUT2D eigenvalue weighted by Gasteiger charge is 1.98. The SMILES string of the molecule is CNc1cnn(Cc2ncccn2)c1. The van der Waals surface area contributed by atoms with Crippen molar-refractivity contribution in [2.45, 2.75) is 6.54 Å². The molecule has 0 unspecified atom stereocenters. The molecular weight excluding hydrogens is 178 g/mol. The van der Waals surface area contributed by atoms with Gasteiger partial charge in [0.05, 0.1) is 11.9 Å². The number of nitrogens with one attached hydrogen (secondary N) is 1. The molecule has 0 radical (unpaired) electrons. The molecule has 0 spiro atoms.